The number of thiazole rings is 1. The molecule has 0 saturated carbocycles. The summed E-state index contributed by atoms with van der Waals surface area (Å²) < 4.78 is 1.09. The molecule has 1 amide bonds. The molecule has 2 N–H and O–H groups in total. The molecule has 0 aliphatic rings. The molecular weight excluding hydrogens is 481 g/mol. The first-order valence-corrected chi connectivity index (χ1v) is 11.0. The number of nitrogens with zero attached hydrogens (tertiary/aromatic N) is 1. The van der Waals surface area contributed by atoms with Gasteiger partial charge < -0.3 is 5.32 Å². The number of rotatable bonds is 3. The normalized spacial score (nSPS) is 10.8. The molecule has 0 unspecified atom stereocenters. The number of amides is 1. The molecule has 0 aliphatic heterocycles. The van der Waals surface area contributed by atoms with Crippen molar-refractivity contribution in [3.05, 3.63) is 81.3 Å². The summed E-state index contributed by atoms with van der Waals surface area (Å²) in [5.41, 5.74) is 2.62. The van der Waals surface area contributed by atoms with Crippen molar-refractivity contribution in [2.75, 3.05) is 5.32 Å². The lowest BCUT2D eigenvalue weighted by atomic mass is 10.2. The Hall–Kier alpha value is -2.22. The Kier molecular flexibility index (Phi) is 6.22. The van der Waals surface area contributed by atoms with E-state index >= 15 is 0 Å². The molecule has 4 nitrogen and oxygen atoms in total. The third-order valence-corrected chi connectivity index (χ3v) is 6.30. The van der Waals surface area contributed by atoms with Crippen LogP contribution in [0.25, 0.3) is 20.8 Å². The van der Waals surface area contributed by atoms with Crippen molar-refractivity contribution in [3.8, 4) is 10.6 Å². The third-order valence-electron chi connectivity index (χ3n) is 4.15. The number of fused-ring (bicyclic) bond motifs is 1. The zero-order valence-corrected chi connectivity index (χ0v) is 19.0. The van der Waals surface area contributed by atoms with Gasteiger partial charge in [-0.25, -0.2) is 4.98 Å². The van der Waals surface area contributed by atoms with Gasteiger partial charge in [0.05, 0.1) is 25.8 Å². The summed E-state index contributed by atoms with van der Waals surface area (Å²) >= 11 is 25.3. The fraction of sp³-hybridized carbons (Fsp3) is 0. The zero-order valence-electron chi connectivity index (χ0n) is 15.1. The van der Waals surface area contributed by atoms with Gasteiger partial charge in [-0.2, -0.15) is 0 Å². The Balaban J connectivity index is 1.48. The maximum atomic E-state index is 12.4. The molecule has 0 aliphatic carbocycles. The maximum absolute atomic E-state index is 12.4. The maximum Gasteiger partial charge on any atom is 0.258 e. The van der Waals surface area contributed by atoms with Crippen LogP contribution in [0.4, 0.5) is 5.69 Å². The van der Waals surface area contributed by atoms with Crippen molar-refractivity contribution < 1.29 is 4.79 Å². The predicted molar refractivity (Wildman–Crippen MR) is 130 cm³/mol. The van der Waals surface area contributed by atoms with Crippen LogP contribution in [-0.4, -0.2) is 16.0 Å². The Labute approximate surface area is 196 Å². The summed E-state index contributed by atoms with van der Waals surface area (Å²) in [6.07, 6.45) is 0. The monoisotopic (exact) mass is 491 g/mol. The molecule has 150 valence electrons. The van der Waals surface area contributed by atoms with Gasteiger partial charge >= 0.3 is 0 Å². The van der Waals surface area contributed by atoms with Gasteiger partial charge in [-0.3, -0.25) is 10.1 Å². The Morgan fingerprint density at radius 1 is 0.967 bits per heavy atom. The topological polar surface area (TPSA) is 54.0 Å². The first kappa shape index (κ1) is 21.0. The zero-order chi connectivity index (χ0) is 21.3. The molecule has 0 bridgehead atoms. The van der Waals surface area contributed by atoms with Gasteiger partial charge in [0.1, 0.15) is 5.01 Å². The number of hydrogen-bond donors (Lipinski definition) is 2. The minimum atomic E-state index is -0.461. The lowest BCUT2D eigenvalue weighted by Gasteiger charge is -2.11. The highest BCUT2D eigenvalue weighted by atomic mass is 35.5. The third kappa shape index (κ3) is 4.58. The van der Waals surface area contributed by atoms with E-state index in [-0.39, 0.29) is 15.7 Å². The quantitative estimate of drug-likeness (QED) is 0.301. The average Bonchev–Trinajstić information content (AvgIpc) is 3.13. The van der Waals surface area contributed by atoms with Crippen molar-refractivity contribution in [2.24, 2.45) is 0 Å². The lowest BCUT2D eigenvalue weighted by molar-refractivity contribution is 0.0978. The number of thiocarbonyl (C=S) groups is 1. The highest BCUT2D eigenvalue weighted by Gasteiger charge is 2.14. The van der Waals surface area contributed by atoms with Gasteiger partial charge in [0.2, 0.25) is 0 Å². The second kappa shape index (κ2) is 8.88. The summed E-state index contributed by atoms with van der Waals surface area (Å²) in [5, 5.41) is 7.67. The van der Waals surface area contributed by atoms with Gasteiger partial charge in [-0.15, -0.1) is 11.3 Å². The van der Waals surface area contributed by atoms with E-state index in [1.807, 2.05) is 36.4 Å². The van der Waals surface area contributed by atoms with Crippen molar-refractivity contribution in [1.82, 2.24) is 10.3 Å². The number of hydrogen-bond acceptors (Lipinski definition) is 4. The summed E-state index contributed by atoms with van der Waals surface area (Å²) in [6.45, 7) is 0. The van der Waals surface area contributed by atoms with Crippen LogP contribution >= 0.6 is 58.4 Å². The molecule has 4 rings (SSSR count). The summed E-state index contributed by atoms with van der Waals surface area (Å²) in [5.74, 6) is -0.461. The predicted octanol–water partition coefficient (Wildman–Crippen LogP) is 7.05. The van der Waals surface area contributed by atoms with E-state index in [1.165, 1.54) is 6.07 Å². The molecule has 1 heterocycles. The number of para-hydroxylation sites is 1. The van der Waals surface area contributed by atoms with E-state index in [0.29, 0.717) is 15.7 Å². The van der Waals surface area contributed by atoms with Crippen LogP contribution in [0, 0.1) is 0 Å². The minimum Gasteiger partial charge on any atom is -0.332 e. The first-order chi connectivity index (χ1) is 14.4. The lowest BCUT2D eigenvalue weighted by Crippen LogP contribution is -2.34. The standard InChI is InChI=1S/C21H12Cl3N3OS2/c22-11-5-8-15(23)14(9-11)19(28)27-21(29)25-12-6-7-13(16(24)10-12)20-26-17-3-1-2-4-18(17)30-20/h1-10H,(H2,25,27,28,29). The van der Waals surface area contributed by atoms with Crippen LogP contribution in [0.1, 0.15) is 10.4 Å². The van der Waals surface area contributed by atoms with Crippen LogP contribution in [0.2, 0.25) is 15.1 Å². The molecule has 0 saturated heterocycles. The van der Waals surface area contributed by atoms with Gasteiger partial charge in [-0.1, -0.05) is 46.9 Å². The fourth-order valence-electron chi connectivity index (χ4n) is 2.76. The van der Waals surface area contributed by atoms with Gasteiger partial charge in [-0.05, 0) is 60.7 Å². The van der Waals surface area contributed by atoms with Crippen LogP contribution in [0.15, 0.2) is 60.7 Å². The van der Waals surface area contributed by atoms with Crippen LogP contribution in [0.3, 0.4) is 0 Å². The van der Waals surface area contributed by atoms with Crippen molar-refractivity contribution in [3.63, 3.8) is 0 Å². The van der Waals surface area contributed by atoms with E-state index in [9.17, 15) is 4.79 Å². The molecule has 0 fully saturated rings. The largest absolute Gasteiger partial charge is 0.332 e. The van der Waals surface area contributed by atoms with E-state index in [4.69, 9.17) is 47.0 Å². The smallest absolute Gasteiger partial charge is 0.258 e. The molecule has 0 atom stereocenters. The van der Waals surface area contributed by atoms with E-state index < -0.39 is 5.91 Å². The van der Waals surface area contributed by atoms with Gasteiger partial charge in [0.25, 0.3) is 5.91 Å². The van der Waals surface area contributed by atoms with E-state index in [0.717, 1.165) is 20.8 Å². The number of benzene rings is 3. The minimum absolute atomic E-state index is 0.111. The van der Waals surface area contributed by atoms with Crippen molar-refractivity contribution in [1.29, 1.82) is 0 Å². The van der Waals surface area contributed by atoms with Crippen LogP contribution in [-0.2, 0) is 0 Å². The number of halogens is 3. The molecule has 30 heavy (non-hydrogen) atoms. The average molecular weight is 493 g/mol. The second-order valence-corrected chi connectivity index (χ2v) is 8.90. The number of carbonyl (C=O) groups is 1. The molecule has 1 aromatic heterocycles. The number of anilines is 1. The number of carbonyl (C=O) groups excluding carboxylic acids is 1. The van der Waals surface area contributed by atoms with Crippen molar-refractivity contribution in [2.45, 2.75) is 0 Å². The highest BCUT2D eigenvalue weighted by molar-refractivity contribution is 7.80. The Morgan fingerprint density at radius 3 is 2.53 bits per heavy atom. The Bertz CT molecular complexity index is 1260. The van der Waals surface area contributed by atoms with Gasteiger partial charge in [0.15, 0.2) is 5.11 Å². The molecule has 3 aromatic carbocycles. The number of nitrogens with one attached hydrogen (secondary N) is 2. The fourth-order valence-corrected chi connectivity index (χ4v) is 4.68. The summed E-state index contributed by atoms with van der Waals surface area (Å²) in [4.78, 5) is 17.0. The molecule has 4 aromatic rings. The van der Waals surface area contributed by atoms with Crippen molar-refractivity contribution >= 4 is 85.3 Å². The highest BCUT2D eigenvalue weighted by Crippen LogP contribution is 2.35. The van der Waals surface area contributed by atoms with E-state index in [2.05, 4.69) is 15.6 Å². The van der Waals surface area contributed by atoms with Crippen LogP contribution < -0.4 is 10.6 Å². The molecular formula is C21H12Cl3N3OS2. The van der Waals surface area contributed by atoms with Crippen LogP contribution in [0.5, 0.6) is 0 Å². The SMILES string of the molecule is O=C(NC(=S)Nc1ccc(-c2nc3ccccc3s2)c(Cl)c1)c1cc(Cl)ccc1Cl. The second-order valence-electron chi connectivity index (χ2n) is 6.21. The van der Waals surface area contributed by atoms with Gasteiger partial charge in [0, 0.05) is 16.3 Å². The molecule has 0 radical (unpaired) electrons. The molecule has 9 heteroatoms. The van der Waals surface area contributed by atoms with E-state index in [1.54, 1.807) is 29.5 Å². The Morgan fingerprint density at radius 2 is 1.77 bits per heavy atom. The first-order valence-electron chi connectivity index (χ1n) is 8.63. The summed E-state index contributed by atoms with van der Waals surface area (Å²) in [7, 11) is 0. The summed E-state index contributed by atoms with van der Waals surface area (Å²) in [6, 6.07) is 18.0. The molecule has 0 spiro atoms. The number of aromatic nitrogens is 1.